The predicted octanol–water partition coefficient (Wildman–Crippen LogP) is 2.95. The van der Waals surface area contributed by atoms with E-state index in [2.05, 4.69) is 10.3 Å². The van der Waals surface area contributed by atoms with Crippen molar-refractivity contribution in [2.45, 2.75) is 39.3 Å². The van der Waals surface area contributed by atoms with Gasteiger partial charge in [-0.2, -0.15) is 0 Å². The molecule has 0 unspecified atom stereocenters. The highest BCUT2D eigenvalue weighted by molar-refractivity contribution is 7.13. The van der Waals surface area contributed by atoms with Gasteiger partial charge in [0.25, 0.3) is 5.91 Å². The van der Waals surface area contributed by atoms with E-state index in [-0.39, 0.29) is 17.9 Å². The van der Waals surface area contributed by atoms with E-state index in [1.54, 1.807) is 24.1 Å². The van der Waals surface area contributed by atoms with E-state index in [1.165, 1.54) is 11.3 Å². The fraction of sp³-hybridized carbons (Fsp3) is 0.421. The lowest BCUT2D eigenvalue weighted by Crippen LogP contribution is -2.63. The van der Waals surface area contributed by atoms with Crippen LogP contribution in [0.1, 0.15) is 38.2 Å². The Morgan fingerprint density at radius 2 is 2.00 bits per heavy atom. The van der Waals surface area contributed by atoms with Gasteiger partial charge in [-0.25, -0.2) is 4.98 Å². The van der Waals surface area contributed by atoms with E-state index < -0.39 is 5.54 Å². The first kappa shape index (κ1) is 18.4. The highest BCUT2D eigenvalue weighted by atomic mass is 32.1. The molecule has 1 fully saturated rings. The summed E-state index contributed by atoms with van der Waals surface area (Å²) in [7, 11) is 0. The second-order valence-corrected chi connectivity index (χ2v) is 7.86. The van der Waals surface area contributed by atoms with Crippen LogP contribution >= 0.6 is 11.3 Å². The van der Waals surface area contributed by atoms with Gasteiger partial charge in [-0.3, -0.25) is 9.59 Å². The summed E-state index contributed by atoms with van der Waals surface area (Å²) in [5.74, 6) is 0.443. The number of thiazole rings is 1. The van der Waals surface area contributed by atoms with Crippen molar-refractivity contribution in [3.05, 3.63) is 35.3 Å². The van der Waals surface area contributed by atoms with Crippen LogP contribution in [0.3, 0.4) is 0 Å². The molecular formula is C19H23N3O3S. The molecule has 0 bridgehead atoms. The molecule has 6 nitrogen and oxygen atoms in total. The first-order chi connectivity index (χ1) is 12.3. The molecule has 1 aromatic carbocycles. The number of hydrogen-bond donors (Lipinski definition) is 1. The van der Waals surface area contributed by atoms with Gasteiger partial charge in [0.15, 0.2) is 0 Å². The zero-order valence-corrected chi connectivity index (χ0v) is 16.2. The second kappa shape index (κ2) is 7.07. The fourth-order valence-electron chi connectivity index (χ4n) is 2.85. The standard InChI is InChI=1S/C19H23N3O3S/c1-12(2)25-14-7-5-13(6-8-14)16-21-15(11-26-16)17(23)22-10-9-20-18(24)19(22,3)4/h5-8,11-12H,9-10H2,1-4H3,(H,20,24). The monoisotopic (exact) mass is 373 g/mol. The van der Waals surface area contributed by atoms with Crippen molar-refractivity contribution < 1.29 is 14.3 Å². The predicted molar refractivity (Wildman–Crippen MR) is 101 cm³/mol. The number of hydrogen-bond acceptors (Lipinski definition) is 5. The molecule has 1 aliphatic rings. The minimum Gasteiger partial charge on any atom is -0.491 e. The Balaban J connectivity index is 1.79. The first-order valence-corrected chi connectivity index (χ1v) is 9.50. The van der Waals surface area contributed by atoms with Crippen molar-refractivity contribution in [2.75, 3.05) is 13.1 Å². The Bertz CT molecular complexity index is 812. The molecule has 0 aliphatic carbocycles. The van der Waals surface area contributed by atoms with Gasteiger partial charge in [0.05, 0.1) is 6.10 Å². The normalized spacial score (nSPS) is 16.5. The molecule has 138 valence electrons. The van der Waals surface area contributed by atoms with Crippen LogP contribution in [0.25, 0.3) is 10.6 Å². The average Bonchev–Trinajstić information content (AvgIpc) is 3.07. The summed E-state index contributed by atoms with van der Waals surface area (Å²) < 4.78 is 5.65. The zero-order valence-electron chi connectivity index (χ0n) is 15.4. The van der Waals surface area contributed by atoms with Crippen LogP contribution in [-0.2, 0) is 4.79 Å². The number of carbonyl (C=O) groups excluding carboxylic acids is 2. The lowest BCUT2D eigenvalue weighted by Gasteiger charge is -2.40. The van der Waals surface area contributed by atoms with Crippen LogP contribution in [-0.4, -0.2) is 46.4 Å². The Morgan fingerprint density at radius 1 is 1.31 bits per heavy atom. The van der Waals surface area contributed by atoms with Crippen molar-refractivity contribution in [1.29, 1.82) is 0 Å². The summed E-state index contributed by atoms with van der Waals surface area (Å²) in [5, 5.41) is 5.31. The molecule has 1 aliphatic heterocycles. The van der Waals surface area contributed by atoms with E-state index >= 15 is 0 Å². The molecule has 0 atom stereocenters. The van der Waals surface area contributed by atoms with Crippen molar-refractivity contribution in [3.63, 3.8) is 0 Å². The molecule has 3 rings (SSSR count). The molecule has 2 amide bonds. The number of benzene rings is 1. The molecule has 0 radical (unpaired) electrons. The van der Waals surface area contributed by atoms with Crippen molar-refractivity contribution in [2.24, 2.45) is 0 Å². The van der Waals surface area contributed by atoms with E-state index in [0.29, 0.717) is 18.8 Å². The molecule has 26 heavy (non-hydrogen) atoms. The first-order valence-electron chi connectivity index (χ1n) is 8.62. The third kappa shape index (κ3) is 3.58. The molecule has 2 heterocycles. The molecule has 1 aromatic heterocycles. The zero-order chi connectivity index (χ0) is 18.9. The summed E-state index contributed by atoms with van der Waals surface area (Å²) in [5.41, 5.74) is 0.422. The number of rotatable bonds is 4. The van der Waals surface area contributed by atoms with Gasteiger partial charge in [-0.15, -0.1) is 11.3 Å². The van der Waals surface area contributed by atoms with E-state index in [0.717, 1.165) is 16.3 Å². The van der Waals surface area contributed by atoms with Gasteiger partial charge in [-0.1, -0.05) is 0 Å². The highest BCUT2D eigenvalue weighted by Gasteiger charge is 2.41. The van der Waals surface area contributed by atoms with Gasteiger partial charge < -0.3 is 15.0 Å². The smallest absolute Gasteiger partial charge is 0.274 e. The van der Waals surface area contributed by atoms with Gasteiger partial charge in [0, 0.05) is 24.0 Å². The van der Waals surface area contributed by atoms with Gasteiger partial charge in [0.2, 0.25) is 5.91 Å². The SMILES string of the molecule is CC(C)Oc1ccc(-c2nc(C(=O)N3CCNC(=O)C3(C)C)cs2)cc1. The van der Waals surface area contributed by atoms with E-state index in [1.807, 2.05) is 38.1 Å². The maximum Gasteiger partial charge on any atom is 0.274 e. The highest BCUT2D eigenvalue weighted by Crippen LogP contribution is 2.28. The Morgan fingerprint density at radius 3 is 2.65 bits per heavy atom. The molecule has 1 N–H and O–H groups in total. The lowest BCUT2D eigenvalue weighted by molar-refractivity contribution is -0.133. The van der Waals surface area contributed by atoms with Crippen molar-refractivity contribution >= 4 is 23.2 Å². The molecule has 1 saturated heterocycles. The maximum atomic E-state index is 12.9. The number of carbonyl (C=O) groups is 2. The topological polar surface area (TPSA) is 71.5 Å². The number of aromatic nitrogens is 1. The number of ether oxygens (including phenoxy) is 1. The minimum absolute atomic E-state index is 0.120. The molecular weight excluding hydrogens is 350 g/mol. The van der Waals surface area contributed by atoms with Crippen LogP contribution in [0.15, 0.2) is 29.6 Å². The second-order valence-electron chi connectivity index (χ2n) is 7.00. The Labute approximate surface area is 157 Å². The van der Waals surface area contributed by atoms with Crippen LogP contribution in [0.5, 0.6) is 5.75 Å². The quantitative estimate of drug-likeness (QED) is 0.894. The van der Waals surface area contributed by atoms with Gasteiger partial charge >= 0.3 is 0 Å². The summed E-state index contributed by atoms with van der Waals surface area (Å²) in [6.45, 7) is 8.40. The maximum absolute atomic E-state index is 12.9. The van der Waals surface area contributed by atoms with Crippen LogP contribution in [0, 0.1) is 0 Å². The van der Waals surface area contributed by atoms with Crippen LogP contribution in [0.2, 0.25) is 0 Å². The summed E-state index contributed by atoms with van der Waals surface area (Å²) in [4.78, 5) is 31.0. The fourth-order valence-corrected chi connectivity index (χ4v) is 3.65. The third-order valence-electron chi connectivity index (χ3n) is 4.29. The van der Waals surface area contributed by atoms with Gasteiger partial charge in [-0.05, 0) is 52.0 Å². The summed E-state index contributed by atoms with van der Waals surface area (Å²) in [6.07, 6.45) is 0.120. The van der Waals surface area contributed by atoms with E-state index in [4.69, 9.17) is 4.74 Å². The third-order valence-corrected chi connectivity index (χ3v) is 5.18. The number of amides is 2. The number of nitrogens with one attached hydrogen (secondary N) is 1. The number of piperazine rings is 1. The van der Waals surface area contributed by atoms with Crippen LogP contribution < -0.4 is 10.1 Å². The lowest BCUT2D eigenvalue weighted by atomic mass is 9.98. The number of nitrogens with zero attached hydrogens (tertiary/aromatic N) is 2. The van der Waals surface area contributed by atoms with Gasteiger partial charge in [0.1, 0.15) is 22.0 Å². The molecule has 0 saturated carbocycles. The molecule has 0 spiro atoms. The largest absolute Gasteiger partial charge is 0.491 e. The minimum atomic E-state index is -0.880. The van der Waals surface area contributed by atoms with Crippen LogP contribution in [0.4, 0.5) is 0 Å². The van der Waals surface area contributed by atoms with Crippen molar-refractivity contribution in [3.8, 4) is 16.3 Å². The summed E-state index contributed by atoms with van der Waals surface area (Å²) in [6, 6.07) is 7.67. The van der Waals surface area contributed by atoms with E-state index in [9.17, 15) is 9.59 Å². The molecule has 7 heteroatoms. The Hall–Kier alpha value is -2.41. The molecule has 2 aromatic rings. The average molecular weight is 373 g/mol. The summed E-state index contributed by atoms with van der Waals surface area (Å²) >= 11 is 1.42. The van der Waals surface area contributed by atoms with Crippen molar-refractivity contribution in [1.82, 2.24) is 15.2 Å². The Kier molecular flexibility index (Phi) is 5.00.